The maximum atomic E-state index is 13.6. The molecule has 0 saturated carbocycles. The van der Waals surface area contributed by atoms with Gasteiger partial charge in [0.15, 0.2) is 0 Å². The predicted molar refractivity (Wildman–Crippen MR) is 86.6 cm³/mol. The molecule has 4 nitrogen and oxygen atoms in total. The molecule has 0 fully saturated rings. The molecular weight excluding hydrogens is 342 g/mol. The highest BCUT2D eigenvalue weighted by molar-refractivity contribution is 6.31. The molecule has 2 N–H and O–H groups in total. The minimum absolute atomic E-state index is 0.0813. The van der Waals surface area contributed by atoms with E-state index in [1.54, 1.807) is 24.3 Å². The lowest BCUT2D eigenvalue weighted by Crippen LogP contribution is -2.43. The van der Waals surface area contributed by atoms with Gasteiger partial charge in [0.25, 0.3) is 0 Å². The zero-order valence-electron chi connectivity index (χ0n) is 11.9. The highest BCUT2D eigenvalue weighted by Crippen LogP contribution is 2.19. The van der Waals surface area contributed by atoms with E-state index in [2.05, 4.69) is 10.9 Å². The Morgan fingerprint density at radius 1 is 0.913 bits per heavy atom. The lowest BCUT2D eigenvalue weighted by molar-refractivity contribution is -0.128. The third-order valence-electron chi connectivity index (χ3n) is 3.02. The van der Waals surface area contributed by atoms with Crippen molar-refractivity contribution in [1.82, 2.24) is 10.9 Å². The first-order valence-electron chi connectivity index (χ1n) is 6.70. The van der Waals surface area contributed by atoms with Crippen molar-refractivity contribution in [2.24, 2.45) is 0 Å². The normalized spacial score (nSPS) is 10.2. The highest BCUT2D eigenvalue weighted by atomic mass is 35.5. The average Bonchev–Trinajstić information content (AvgIpc) is 2.51. The van der Waals surface area contributed by atoms with E-state index in [1.165, 1.54) is 18.2 Å². The van der Waals surface area contributed by atoms with Crippen LogP contribution in [0.4, 0.5) is 4.39 Å². The second-order valence-corrected chi connectivity index (χ2v) is 5.62. The molecular formula is C16H13Cl2FN2O2. The van der Waals surface area contributed by atoms with Gasteiger partial charge in [0.05, 0.1) is 12.8 Å². The number of nitrogens with one attached hydrogen (secondary N) is 2. The molecule has 0 atom stereocenters. The van der Waals surface area contributed by atoms with Crippen molar-refractivity contribution < 1.29 is 14.0 Å². The lowest BCUT2D eigenvalue weighted by Gasteiger charge is -2.09. The molecule has 23 heavy (non-hydrogen) atoms. The number of halogens is 3. The topological polar surface area (TPSA) is 58.2 Å². The molecule has 120 valence electrons. The third-order valence-corrected chi connectivity index (χ3v) is 3.62. The number of hydrazine groups is 1. The number of carbonyl (C=O) groups excluding carboxylic acids is 2. The van der Waals surface area contributed by atoms with Crippen molar-refractivity contribution in [3.8, 4) is 0 Å². The van der Waals surface area contributed by atoms with Crippen LogP contribution in [0.1, 0.15) is 11.1 Å². The second kappa shape index (κ2) is 7.94. The van der Waals surface area contributed by atoms with Crippen molar-refractivity contribution in [3.63, 3.8) is 0 Å². The van der Waals surface area contributed by atoms with E-state index in [9.17, 15) is 14.0 Å². The van der Waals surface area contributed by atoms with E-state index < -0.39 is 17.6 Å². The van der Waals surface area contributed by atoms with Gasteiger partial charge in [0, 0.05) is 15.6 Å². The van der Waals surface area contributed by atoms with E-state index in [0.29, 0.717) is 5.02 Å². The summed E-state index contributed by atoms with van der Waals surface area (Å²) < 4.78 is 13.6. The number of benzene rings is 2. The Hall–Kier alpha value is -2.11. The standard InChI is InChI=1S/C16H13Cl2FN2O2/c17-11-6-4-10(5-7-11)8-15(22)20-21-16(23)9-12-13(18)2-1-3-14(12)19/h1-7H,8-9H2,(H,20,22)(H,21,23). The first-order valence-corrected chi connectivity index (χ1v) is 7.46. The van der Waals surface area contributed by atoms with E-state index >= 15 is 0 Å². The van der Waals surface area contributed by atoms with Gasteiger partial charge < -0.3 is 0 Å². The molecule has 0 aliphatic heterocycles. The number of hydrogen-bond donors (Lipinski definition) is 2. The van der Waals surface area contributed by atoms with Crippen LogP contribution >= 0.6 is 23.2 Å². The van der Waals surface area contributed by atoms with Crippen molar-refractivity contribution in [2.45, 2.75) is 12.8 Å². The summed E-state index contributed by atoms with van der Waals surface area (Å²) in [7, 11) is 0. The van der Waals surface area contributed by atoms with Crippen LogP contribution in [0.15, 0.2) is 42.5 Å². The minimum atomic E-state index is -0.569. The average molecular weight is 355 g/mol. The summed E-state index contributed by atoms with van der Waals surface area (Å²) >= 11 is 11.6. The van der Waals surface area contributed by atoms with Crippen molar-refractivity contribution in [1.29, 1.82) is 0 Å². The van der Waals surface area contributed by atoms with Gasteiger partial charge in [-0.1, -0.05) is 41.4 Å². The highest BCUT2D eigenvalue weighted by Gasteiger charge is 2.12. The van der Waals surface area contributed by atoms with Gasteiger partial charge in [0.1, 0.15) is 5.82 Å². The fraction of sp³-hybridized carbons (Fsp3) is 0.125. The van der Waals surface area contributed by atoms with Crippen LogP contribution < -0.4 is 10.9 Å². The molecule has 2 aromatic carbocycles. The van der Waals surface area contributed by atoms with E-state index in [1.807, 2.05) is 0 Å². The molecule has 7 heteroatoms. The Kier molecular flexibility index (Phi) is 5.96. The van der Waals surface area contributed by atoms with E-state index in [-0.39, 0.29) is 23.4 Å². The predicted octanol–water partition coefficient (Wildman–Crippen LogP) is 3.07. The van der Waals surface area contributed by atoms with Crippen molar-refractivity contribution >= 4 is 35.0 Å². The number of carbonyl (C=O) groups is 2. The smallest absolute Gasteiger partial charge is 0.242 e. The number of amides is 2. The Balaban J connectivity index is 1.84. The van der Waals surface area contributed by atoms with Crippen molar-refractivity contribution in [3.05, 3.63) is 69.5 Å². The van der Waals surface area contributed by atoms with Gasteiger partial charge in [-0.15, -0.1) is 0 Å². The summed E-state index contributed by atoms with van der Waals surface area (Å²) in [6, 6.07) is 10.9. The quantitative estimate of drug-likeness (QED) is 0.829. The van der Waals surface area contributed by atoms with Crippen LogP contribution in [0.25, 0.3) is 0 Å². The first kappa shape index (κ1) is 17.2. The van der Waals surface area contributed by atoms with E-state index in [0.717, 1.165) is 5.56 Å². The summed E-state index contributed by atoms with van der Waals surface area (Å²) in [5.41, 5.74) is 5.33. The maximum Gasteiger partial charge on any atom is 0.242 e. The monoisotopic (exact) mass is 354 g/mol. The van der Waals surface area contributed by atoms with Gasteiger partial charge in [0.2, 0.25) is 11.8 Å². The molecule has 2 amide bonds. The molecule has 2 aromatic rings. The molecule has 0 spiro atoms. The van der Waals surface area contributed by atoms with Crippen LogP contribution in [0.3, 0.4) is 0 Å². The second-order valence-electron chi connectivity index (χ2n) is 4.78. The number of rotatable bonds is 4. The molecule has 0 heterocycles. The largest absolute Gasteiger partial charge is 0.273 e. The molecule has 0 aromatic heterocycles. The molecule has 0 aliphatic carbocycles. The zero-order chi connectivity index (χ0) is 16.8. The Bertz CT molecular complexity index is 700. The third kappa shape index (κ3) is 5.23. The van der Waals surface area contributed by atoms with Gasteiger partial charge in [-0.3, -0.25) is 20.4 Å². The molecule has 0 radical (unpaired) electrons. The molecule has 0 bridgehead atoms. The van der Waals surface area contributed by atoms with Gasteiger partial charge in [-0.05, 0) is 29.8 Å². The molecule has 0 saturated heterocycles. The van der Waals surface area contributed by atoms with E-state index in [4.69, 9.17) is 23.2 Å². The molecule has 0 aliphatic rings. The summed E-state index contributed by atoms with van der Waals surface area (Å²) in [6.07, 6.45) is -0.190. The Morgan fingerprint density at radius 2 is 1.52 bits per heavy atom. The van der Waals surface area contributed by atoms with Crippen LogP contribution in [-0.2, 0) is 22.4 Å². The van der Waals surface area contributed by atoms with Crippen LogP contribution in [0.2, 0.25) is 10.0 Å². The number of hydrogen-bond acceptors (Lipinski definition) is 2. The Morgan fingerprint density at radius 3 is 2.13 bits per heavy atom. The molecule has 0 unspecified atom stereocenters. The Labute approximate surface area is 142 Å². The van der Waals surface area contributed by atoms with Gasteiger partial charge in [-0.25, -0.2) is 4.39 Å². The summed E-state index contributed by atoms with van der Waals surface area (Å²) in [5, 5.41) is 0.733. The van der Waals surface area contributed by atoms with Crippen LogP contribution in [-0.4, -0.2) is 11.8 Å². The zero-order valence-corrected chi connectivity index (χ0v) is 13.4. The summed E-state index contributed by atoms with van der Waals surface area (Å²) in [6.45, 7) is 0. The van der Waals surface area contributed by atoms with Crippen LogP contribution in [0.5, 0.6) is 0 Å². The minimum Gasteiger partial charge on any atom is -0.273 e. The van der Waals surface area contributed by atoms with Gasteiger partial charge in [-0.2, -0.15) is 0 Å². The van der Waals surface area contributed by atoms with Crippen LogP contribution in [0, 0.1) is 5.82 Å². The fourth-order valence-electron chi connectivity index (χ4n) is 1.88. The summed E-state index contributed by atoms with van der Waals surface area (Å²) in [4.78, 5) is 23.5. The molecule has 2 rings (SSSR count). The lowest BCUT2D eigenvalue weighted by atomic mass is 10.1. The first-order chi connectivity index (χ1) is 11.0. The fourth-order valence-corrected chi connectivity index (χ4v) is 2.23. The maximum absolute atomic E-state index is 13.6. The summed E-state index contributed by atoms with van der Waals surface area (Å²) in [5.74, 6) is -1.54. The van der Waals surface area contributed by atoms with Gasteiger partial charge >= 0.3 is 0 Å². The van der Waals surface area contributed by atoms with Crippen molar-refractivity contribution in [2.75, 3.05) is 0 Å². The SMILES string of the molecule is O=C(Cc1ccc(Cl)cc1)NNC(=O)Cc1c(F)cccc1Cl.